The Morgan fingerprint density at radius 3 is 2.55 bits per heavy atom. The first-order chi connectivity index (χ1) is 9.38. The summed E-state index contributed by atoms with van der Waals surface area (Å²) in [6.45, 7) is 1.83. The summed E-state index contributed by atoms with van der Waals surface area (Å²) in [7, 11) is 0. The Kier molecular flexibility index (Phi) is 4.78. The van der Waals surface area contributed by atoms with Crippen molar-refractivity contribution in [2.45, 2.75) is 6.92 Å². The second-order valence-corrected chi connectivity index (χ2v) is 6.47. The van der Waals surface area contributed by atoms with Gasteiger partial charge in [0.1, 0.15) is 10.8 Å². The predicted molar refractivity (Wildman–Crippen MR) is 92.1 cm³/mol. The number of anilines is 2. The van der Waals surface area contributed by atoms with Gasteiger partial charge in [0.05, 0.1) is 4.47 Å². The summed E-state index contributed by atoms with van der Waals surface area (Å²) >= 11 is 11.6. The molecule has 0 aliphatic carbocycles. The van der Waals surface area contributed by atoms with Crippen molar-refractivity contribution in [3.8, 4) is 0 Å². The van der Waals surface area contributed by atoms with E-state index in [4.69, 9.17) is 18.0 Å². The molecule has 0 bridgehead atoms. The van der Waals surface area contributed by atoms with Crippen LogP contribution in [0, 0.1) is 12.7 Å². The van der Waals surface area contributed by atoms with Crippen LogP contribution >= 0.6 is 44.1 Å². The van der Waals surface area contributed by atoms with Gasteiger partial charge in [0.15, 0.2) is 0 Å². The fourth-order valence-corrected chi connectivity index (χ4v) is 2.64. The van der Waals surface area contributed by atoms with Crippen LogP contribution < -0.4 is 11.1 Å². The third-order valence-electron chi connectivity index (χ3n) is 2.78. The highest BCUT2D eigenvalue weighted by Gasteiger charge is 2.10. The lowest BCUT2D eigenvalue weighted by Crippen LogP contribution is -2.12. The third kappa shape index (κ3) is 3.37. The summed E-state index contributed by atoms with van der Waals surface area (Å²) in [4.78, 5) is 0.304. The molecule has 6 heteroatoms. The van der Waals surface area contributed by atoms with Crippen molar-refractivity contribution in [2.24, 2.45) is 5.73 Å². The van der Waals surface area contributed by atoms with Crippen molar-refractivity contribution in [1.82, 2.24) is 0 Å². The fourth-order valence-electron chi connectivity index (χ4n) is 1.76. The molecule has 0 unspecified atom stereocenters. The molecule has 3 N–H and O–H groups in total. The molecule has 2 aromatic carbocycles. The topological polar surface area (TPSA) is 38.0 Å². The van der Waals surface area contributed by atoms with E-state index < -0.39 is 0 Å². The molecule has 0 radical (unpaired) electrons. The van der Waals surface area contributed by atoms with Gasteiger partial charge in [-0.25, -0.2) is 4.39 Å². The van der Waals surface area contributed by atoms with E-state index in [2.05, 4.69) is 37.2 Å². The Hall–Kier alpha value is -0.980. The first-order valence-electron chi connectivity index (χ1n) is 5.70. The van der Waals surface area contributed by atoms with Crippen molar-refractivity contribution < 1.29 is 4.39 Å². The van der Waals surface area contributed by atoms with Gasteiger partial charge in [-0.05, 0) is 58.7 Å². The minimum absolute atomic E-state index is 0.295. The SMILES string of the molecule is Cc1cc(F)c(Br)cc1Nc1cc(Br)ccc1C(N)=S. The molecule has 0 fully saturated rings. The molecule has 0 heterocycles. The fraction of sp³-hybridized carbons (Fsp3) is 0.0714. The number of hydrogen-bond acceptors (Lipinski definition) is 2. The zero-order valence-corrected chi connectivity index (χ0v) is 14.5. The Morgan fingerprint density at radius 1 is 1.20 bits per heavy atom. The van der Waals surface area contributed by atoms with Crippen LogP contribution in [0.4, 0.5) is 15.8 Å². The van der Waals surface area contributed by atoms with Crippen LogP contribution in [0.3, 0.4) is 0 Å². The van der Waals surface area contributed by atoms with E-state index >= 15 is 0 Å². The average molecular weight is 418 g/mol. The number of nitrogens with one attached hydrogen (secondary N) is 1. The molecule has 2 aromatic rings. The summed E-state index contributed by atoms with van der Waals surface area (Å²) in [5.74, 6) is -0.295. The summed E-state index contributed by atoms with van der Waals surface area (Å²) < 4.78 is 14.7. The standard InChI is InChI=1S/C14H11Br2FN2S/c1-7-4-11(17)10(16)6-12(7)19-13-5-8(15)2-3-9(13)14(18)20/h2-6,19H,1H3,(H2,18,20). The summed E-state index contributed by atoms with van der Waals surface area (Å²) in [6, 6.07) is 8.74. The lowest BCUT2D eigenvalue weighted by molar-refractivity contribution is 0.620. The van der Waals surface area contributed by atoms with E-state index in [1.165, 1.54) is 6.07 Å². The number of nitrogens with two attached hydrogens (primary N) is 1. The molecule has 0 saturated carbocycles. The first-order valence-corrected chi connectivity index (χ1v) is 7.70. The molecule has 104 valence electrons. The number of thiocarbonyl (C=S) groups is 1. The molecule has 0 aliphatic rings. The van der Waals surface area contributed by atoms with Gasteiger partial charge in [-0.15, -0.1) is 0 Å². The van der Waals surface area contributed by atoms with Crippen LogP contribution in [0.25, 0.3) is 0 Å². The average Bonchev–Trinajstić information content (AvgIpc) is 2.35. The van der Waals surface area contributed by atoms with Gasteiger partial charge in [0.2, 0.25) is 0 Å². The normalized spacial score (nSPS) is 10.4. The second-order valence-electron chi connectivity index (χ2n) is 4.26. The van der Waals surface area contributed by atoms with Crippen molar-refractivity contribution >= 4 is 60.4 Å². The van der Waals surface area contributed by atoms with E-state index in [1.54, 1.807) is 6.07 Å². The lowest BCUT2D eigenvalue weighted by atomic mass is 10.1. The van der Waals surface area contributed by atoms with Gasteiger partial charge in [0.25, 0.3) is 0 Å². The van der Waals surface area contributed by atoms with Gasteiger partial charge in [-0.2, -0.15) is 0 Å². The lowest BCUT2D eigenvalue weighted by Gasteiger charge is -2.14. The molecule has 0 saturated heterocycles. The van der Waals surface area contributed by atoms with Gasteiger partial charge >= 0.3 is 0 Å². The Labute approximate surface area is 138 Å². The summed E-state index contributed by atoms with van der Waals surface area (Å²) in [6.07, 6.45) is 0. The van der Waals surface area contributed by atoms with Crippen LogP contribution in [-0.4, -0.2) is 4.99 Å². The zero-order valence-electron chi connectivity index (χ0n) is 10.5. The highest BCUT2D eigenvalue weighted by Crippen LogP contribution is 2.30. The molecule has 0 atom stereocenters. The van der Waals surface area contributed by atoms with E-state index in [0.29, 0.717) is 9.46 Å². The first kappa shape index (κ1) is 15.4. The Morgan fingerprint density at radius 2 is 1.90 bits per heavy atom. The van der Waals surface area contributed by atoms with Crippen molar-refractivity contribution in [3.05, 3.63) is 56.2 Å². The van der Waals surface area contributed by atoms with Crippen LogP contribution in [-0.2, 0) is 0 Å². The van der Waals surface area contributed by atoms with E-state index in [0.717, 1.165) is 27.0 Å². The minimum atomic E-state index is -0.295. The van der Waals surface area contributed by atoms with Gasteiger partial charge < -0.3 is 11.1 Å². The second kappa shape index (κ2) is 6.20. The smallest absolute Gasteiger partial charge is 0.137 e. The third-order valence-corrected chi connectivity index (χ3v) is 4.10. The number of hydrogen-bond donors (Lipinski definition) is 2. The predicted octanol–water partition coefficient (Wildman–Crippen LogP) is 5.04. The molecule has 0 amide bonds. The quantitative estimate of drug-likeness (QED) is 0.687. The summed E-state index contributed by atoms with van der Waals surface area (Å²) in [5, 5.41) is 3.24. The van der Waals surface area contributed by atoms with Crippen LogP contribution in [0.2, 0.25) is 0 Å². The van der Waals surface area contributed by atoms with Crippen molar-refractivity contribution in [1.29, 1.82) is 0 Å². The van der Waals surface area contributed by atoms with E-state index in [1.807, 2.05) is 25.1 Å². The molecule has 0 aliphatic heterocycles. The van der Waals surface area contributed by atoms with E-state index in [-0.39, 0.29) is 5.82 Å². The molecular formula is C14H11Br2FN2S. The van der Waals surface area contributed by atoms with Crippen LogP contribution in [0.15, 0.2) is 39.3 Å². The molecular weight excluding hydrogens is 407 g/mol. The molecule has 2 rings (SSSR count). The maximum Gasteiger partial charge on any atom is 0.137 e. The number of aryl methyl sites for hydroxylation is 1. The van der Waals surface area contributed by atoms with Crippen LogP contribution in [0.5, 0.6) is 0 Å². The van der Waals surface area contributed by atoms with Crippen LogP contribution in [0.1, 0.15) is 11.1 Å². The van der Waals surface area contributed by atoms with Gasteiger partial charge in [0, 0.05) is 21.4 Å². The maximum atomic E-state index is 13.4. The highest BCUT2D eigenvalue weighted by atomic mass is 79.9. The largest absolute Gasteiger partial charge is 0.389 e. The highest BCUT2D eigenvalue weighted by molar-refractivity contribution is 9.10. The zero-order chi connectivity index (χ0) is 14.9. The summed E-state index contributed by atoms with van der Waals surface area (Å²) in [5.41, 5.74) is 8.81. The molecule has 0 aromatic heterocycles. The number of benzene rings is 2. The van der Waals surface area contributed by atoms with Crippen molar-refractivity contribution in [3.63, 3.8) is 0 Å². The molecule has 0 spiro atoms. The van der Waals surface area contributed by atoms with E-state index in [9.17, 15) is 4.39 Å². The minimum Gasteiger partial charge on any atom is -0.389 e. The monoisotopic (exact) mass is 416 g/mol. The van der Waals surface area contributed by atoms with Crippen molar-refractivity contribution in [2.75, 3.05) is 5.32 Å². The number of halogens is 3. The molecule has 20 heavy (non-hydrogen) atoms. The van der Waals surface area contributed by atoms with Gasteiger partial charge in [-0.1, -0.05) is 28.1 Å². The Balaban J connectivity index is 2.47. The molecule has 2 nitrogen and oxygen atoms in total. The number of rotatable bonds is 3. The van der Waals surface area contributed by atoms with Gasteiger partial charge in [-0.3, -0.25) is 0 Å². The Bertz CT molecular complexity index is 689. The maximum absolute atomic E-state index is 13.4.